The van der Waals surface area contributed by atoms with E-state index in [1.807, 2.05) is 0 Å². The van der Waals surface area contributed by atoms with Gasteiger partial charge in [-0.1, -0.05) is 34.6 Å². The van der Waals surface area contributed by atoms with Crippen LogP contribution in [0.3, 0.4) is 0 Å². The van der Waals surface area contributed by atoms with E-state index in [1.54, 1.807) is 0 Å². The molecule has 1 N–H and O–H groups in total. The first-order chi connectivity index (χ1) is 9.38. The zero-order valence-corrected chi connectivity index (χ0v) is 14.5. The van der Waals surface area contributed by atoms with E-state index in [0.717, 1.165) is 12.0 Å². The van der Waals surface area contributed by atoms with E-state index in [-0.39, 0.29) is 0 Å². The first-order valence-electron chi connectivity index (χ1n) is 8.84. The number of hydrogen-bond acceptors (Lipinski definition) is 2. The van der Waals surface area contributed by atoms with E-state index in [4.69, 9.17) is 0 Å². The second-order valence-corrected chi connectivity index (χ2v) is 8.45. The van der Waals surface area contributed by atoms with Crippen molar-refractivity contribution >= 4 is 0 Å². The molecule has 1 unspecified atom stereocenters. The summed E-state index contributed by atoms with van der Waals surface area (Å²) < 4.78 is 0. The molecule has 1 saturated heterocycles. The highest BCUT2D eigenvalue weighted by Crippen LogP contribution is 2.36. The molecule has 0 aromatic heterocycles. The lowest BCUT2D eigenvalue weighted by Gasteiger charge is -2.37. The average molecular weight is 280 g/mol. The Bertz CT molecular complexity index is 297. The number of rotatable bonds is 7. The van der Waals surface area contributed by atoms with Gasteiger partial charge in [-0.15, -0.1) is 0 Å². The van der Waals surface area contributed by atoms with Crippen molar-refractivity contribution in [2.24, 2.45) is 16.7 Å². The largest absolute Gasteiger partial charge is 0.313 e. The molecule has 20 heavy (non-hydrogen) atoms. The van der Waals surface area contributed by atoms with E-state index < -0.39 is 0 Å². The summed E-state index contributed by atoms with van der Waals surface area (Å²) in [5, 5.41) is 3.79. The first-order valence-corrected chi connectivity index (χ1v) is 8.84. The Morgan fingerprint density at radius 3 is 2.15 bits per heavy atom. The molecule has 1 atom stereocenters. The Kier molecular flexibility index (Phi) is 5.18. The van der Waals surface area contributed by atoms with Gasteiger partial charge in [0.05, 0.1) is 0 Å². The van der Waals surface area contributed by atoms with Crippen LogP contribution in [0.4, 0.5) is 0 Å². The van der Waals surface area contributed by atoms with E-state index in [9.17, 15) is 0 Å². The predicted octanol–water partition coefficient (Wildman–Crippen LogP) is 3.91. The van der Waals surface area contributed by atoms with Crippen LogP contribution in [-0.2, 0) is 0 Å². The molecule has 118 valence electrons. The topological polar surface area (TPSA) is 15.3 Å². The van der Waals surface area contributed by atoms with Crippen LogP contribution in [0.25, 0.3) is 0 Å². The second-order valence-electron chi connectivity index (χ2n) is 8.45. The van der Waals surface area contributed by atoms with Gasteiger partial charge in [-0.05, 0) is 55.4 Å². The molecule has 2 rings (SSSR count). The van der Waals surface area contributed by atoms with Gasteiger partial charge in [0, 0.05) is 25.7 Å². The molecule has 2 nitrogen and oxygen atoms in total. The summed E-state index contributed by atoms with van der Waals surface area (Å²) in [6, 6.07) is 0.841. The summed E-state index contributed by atoms with van der Waals surface area (Å²) in [6.45, 7) is 17.1. The summed E-state index contributed by atoms with van der Waals surface area (Å²) in [5.41, 5.74) is 0.970. The molecule has 1 aliphatic heterocycles. The standard InChI is InChI=1S/C18H36N2/c1-6-18(7-2,13-19-16-8-9-16)14-20-11-10-15(12-20)17(3,4)5/h15-16,19H,6-14H2,1-5H3. The molecular formula is C18H36N2. The van der Waals surface area contributed by atoms with Gasteiger partial charge >= 0.3 is 0 Å². The molecule has 0 radical (unpaired) electrons. The number of nitrogens with zero attached hydrogens (tertiary/aromatic N) is 1. The van der Waals surface area contributed by atoms with Crippen LogP contribution in [0.1, 0.15) is 66.7 Å². The van der Waals surface area contributed by atoms with Gasteiger partial charge in [0.25, 0.3) is 0 Å². The third-order valence-electron chi connectivity index (χ3n) is 5.90. The van der Waals surface area contributed by atoms with Crippen molar-refractivity contribution < 1.29 is 0 Å². The van der Waals surface area contributed by atoms with Gasteiger partial charge in [0.15, 0.2) is 0 Å². The molecule has 0 bridgehead atoms. The number of likely N-dealkylation sites (tertiary alicyclic amines) is 1. The van der Waals surface area contributed by atoms with Gasteiger partial charge < -0.3 is 10.2 Å². The molecule has 1 saturated carbocycles. The Morgan fingerprint density at radius 2 is 1.70 bits per heavy atom. The van der Waals surface area contributed by atoms with Gasteiger partial charge in [-0.2, -0.15) is 0 Å². The van der Waals surface area contributed by atoms with E-state index in [1.165, 1.54) is 58.3 Å². The van der Waals surface area contributed by atoms with Crippen molar-refractivity contribution in [3.63, 3.8) is 0 Å². The van der Waals surface area contributed by atoms with Crippen LogP contribution in [0, 0.1) is 16.7 Å². The zero-order chi connectivity index (χ0) is 14.8. The molecule has 1 aliphatic carbocycles. The summed E-state index contributed by atoms with van der Waals surface area (Å²) in [7, 11) is 0. The van der Waals surface area contributed by atoms with Crippen LogP contribution in [0.15, 0.2) is 0 Å². The fraction of sp³-hybridized carbons (Fsp3) is 1.00. The summed E-state index contributed by atoms with van der Waals surface area (Å²) in [5.74, 6) is 0.880. The van der Waals surface area contributed by atoms with Crippen LogP contribution in [-0.4, -0.2) is 37.1 Å². The Hall–Kier alpha value is -0.0800. The van der Waals surface area contributed by atoms with Crippen molar-refractivity contribution in [2.45, 2.75) is 72.8 Å². The predicted molar refractivity (Wildman–Crippen MR) is 88.0 cm³/mol. The van der Waals surface area contributed by atoms with Crippen LogP contribution in [0.2, 0.25) is 0 Å². The SMILES string of the molecule is CCC(CC)(CNC1CC1)CN1CCC(C(C)(C)C)C1. The van der Waals surface area contributed by atoms with Crippen molar-refractivity contribution in [2.75, 3.05) is 26.2 Å². The monoisotopic (exact) mass is 280 g/mol. The summed E-state index contributed by atoms with van der Waals surface area (Å²) in [4.78, 5) is 2.75. The highest BCUT2D eigenvalue weighted by molar-refractivity contribution is 4.91. The lowest BCUT2D eigenvalue weighted by atomic mass is 9.80. The molecule has 0 aromatic rings. The summed E-state index contributed by atoms with van der Waals surface area (Å²) in [6.07, 6.45) is 6.81. The fourth-order valence-corrected chi connectivity index (χ4v) is 3.59. The van der Waals surface area contributed by atoms with Crippen LogP contribution < -0.4 is 5.32 Å². The minimum Gasteiger partial charge on any atom is -0.313 e. The van der Waals surface area contributed by atoms with E-state index in [0.29, 0.717) is 10.8 Å². The fourth-order valence-electron chi connectivity index (χ4n) is 3.59. The van der Waals surface area contributed by atoms with Gasteiger partial charge in [-0.3, -0.25) is 0 Å². The molecule has 2 fully saturated rings. The molecule has 2 heteroatoms. The van der Waals surface area contributed by atoms with Crippen molar-refractivity contribution in [3.8, 4) is 0 Å². The normalized spacial score (nSPS) is 25.4. The number of hydrogen-bond donors (Lipinski definition) is 1. The Balaban J connectivity index is 1.87. The molecular weight excluding hydrogens is 244 g/mol. The molecule has 1 heterocycles. The lowest BCUT2D eigenvalue weighted by Crippen LogP contribution is -2.43. The van der Waals surface area contributed by atoms with Gasteiger partial charge in [0.2, 0.25) is 0 Å². The quantitative estimate of drug-likeness (QED) is 0.760. The summed E-state index contributed by atoms with van der Waals surface area (Å²) >= 11 is 0. The first kappa shape index (κ1) is 16.3. The smallest absolute Gasteiger partial charge is 0.00684 e. The number of nitrogens with one attached hydrogen (secondary N) is 1. The second kappa shape index (κ2) is 6.36. The lowest BCUT2D eigenvalue weighted by molar-refractivity contribution is 0.140. The average Bonchev–Trinajstić information content (AvgIpc) is 3.11. The molecule has 0 spiro atoms. The molecule has 0 aromatic carbocycles. The van der Waals surface area contributed by atoms with Crippen molar-refractivity contribution in [1.82, 2.24) is 10.2 Å². The maximum absolute atomic E-state index is 3.79. The van der Waals surface area contributed by atoms with Gasteiger partial charge in [0.1, 0.15) is 0 Å². The Labute approximate surface area is 126 Å². The highest BCUT2D eigenvalue weighted by atomic mass is 15.2. The highest BCUT2D eigenvalue weighted by Gasteiger charge is 2.36. The van der Waals surface area contributed by atoms with E-state index in [2.05, 4.69) is 44.8 Å². The van der Waals surface area contributed by atoms with Crippen molar-refractivity contribution in [1.29, 1.82) is 0 Å². The van der Waals surface area contributed by atoms with Crippen LogP contribution in [0.5, 0.6) is 0 Å². The molecule has 0 amide bonds. The van der Waals surface area contributed by atoms with Crippen molar-refractivity contribution in [3.05, 3.63) is 0 Å². The third-order valence-corrected chi connectivity index (χ3v) is 5.90. The molecule has 2 aliphatic rings. The minimum atomic E-state index is 0.474. The third kappa shape index (κ3) is 4.21. The van der Waals surface area contributed by atoms with E-state index >= 15 is 0 Å². The van der Waals surface area contributed by atoms with Crippen LogP contribution >= 0.6 is 0 Å². The Morgan fingerprint density at radius 1 is 1.05 bits per heavy atom. The van der Waals surface area contributed by atoms with Gasteiger partial charge in [-0.25, -0.2) is 0 Å². The maximum atomic E-state index is 3.79. The minimum absolute atomic E-state index is 0.474. The maximum Gasteiger partial charge on any atom is 0.00684 e. The zero-order valence-electron chi connectivity index (χ0n) is 14.5.